The number of aryl methyl sites for hydroxylation is 1. The third kappa shape index (κ3) is 3.59. The van der Waals surface area contributed by atoms with Crippen LogP contribution in [0.2, 0.25) is 0 Å². The van der Waals surface area contributed by atoms with Crippen LogP contribution in [0.1, 0.15) is 22.8 Å². The quantitative estimate of drug-likeness (QED) is 0.727. The van der Waals surface area contributed by atoms with Crippen molar-refractivity contribution in [3.05, 3.63) is 65.7 Å². The minimum absolute atomic E-state index is 0.169. The zero-order valence-electron chi connectivity index (χ0n) is 15.7. The highest BCUT2D eigenvalue weighted by molar-refractivity contribution is 6.04. The highest BCUT2D eigenvalue weighted by Gasteiger charge is 2.17. The van der Waals surface area contributed by atoms with Gasteiger partial charge in [0.2, 0.25) is 6.79 Å². The van der Waals surface area contributed by atoms with Gasteiger partial charge < -0.3 is 19.7 Å². The zero-order valence-corrected chi connectivity index (χ0v) is 15.7. The Morgan fingerprint density at radius 1 is 1.07 bits per heavy atom. The molecule has 1 aliphatic heterocycles. The first-order valence-electron chi connectivity index (χ1n) is 9.03. The summed E-state index contributed by atoms with van der Waals surface area (Å²) in [6.07, 6.45) is 0. The Hall–Kier alpha value is -3.61. The van der Waals surface area contributed by atoms with Gasteiger partial charge >= 0.3 is 0 Å². The van der Waals surface area contributed by atoms with Crippen LogP contribution in [0.3, 0.4) is 0 Å². The van der Waals surface area contributed by atoms with Gasteiger partial charge in [0.25, 0.3) is 5.91 Å². The van der Waals surface area contributed by atoms with Gasteiger partial charge in [0.1, 0.15) is 0 Å². The molecule has 0 bridgehead atoms. The van der Waals surface area contributed by atoms with Crippen molar-refractivity contribution in [3.8, 4) is 11.5 Å². The fraction of sp³-hybridized carbons (Fsp3) is 0.190. The SMILES string of the molecule is CCN(c1cccc(C)c1)c1ccc(NC(=O)c2ccc3c(c2)OCO3)nn1. The molecule has 142 valence electrons. The highest BCUT2D eigenvalue weighted by Crippen LogP contribution is 2.32. The maximum absolute atomic E-state index is 12.5. The second kappa shape index (κ2) is 7.56. The van der Waals surface area contributed by atoms with Crippen LogP contribution in [0.25, 0.3) is 0 Å². The number of carbonyl (C=O) groups is 1. The molecule has 0 fully saturated rings. The number of carbonyl (C=O) groups excluding carboxylic acids is 1. The van der Waals surface area contributed by atoms with E-state index in [1.165, 1.54) is 5.56 Å². The van der Waals surface area contributed by atoms with Crippen LogP contribution >= 0.6 is 0 Å². The summed E-state index contributed by atoms with van der Waals surface area (Å²) in [7, 11) is 0. The van der Waals surface area contributed by atoms with Gasteiger partial charge in [-0.2, -0.15) is 0 Å². The van der Waals surface area contributed by atoms with E-state index >= 15 is 0 Å². The average molecular weight is 376 g/mol. The molecule has 4 rings (SSSR count). The van der Waals surface area contributed by atoms with E-state index in [9.17, 15) is 4.79 Å². The lowest BCUT2D eigenvalue weighted by molar-refractivity contribution is 0.102. The van der Waals surface area contributed by atoms with Crippen molar-refractivity contribution < 1.29 is 14.3 Å². The number of benzene rings is 2. The van der Waals surface area contributed by atoms with Crippen molar-refractivity contribution in [2.45, 2.75) is 13.8 Å². The molecule has 1 N–H and O–H groups in total. The maximum atomic E-state index is 12.5. The van der Waals surface area contributed by atoms with E-state index in [1.807, 2.05) is 18.2 Å². The first-order chi connectivity index (χ1) is 13.6. The molecule has 0 radical (unpaired) electrons. The summed E-state index contributed by atoms with van der Waals surface area (Å²) in [6.45, 7) is 5.03. The van der Waals surface area contributed by atoms with Crippen LogP contribution in [-0.2, 0) is 0 Å². The number of ether oxygens (including phenoxy) is 2. The van der Waals surface area contributed by atoms with Crippen LogP contribution in [0.5, 0.6) is 11.5 Å². The number of nitrogens with one attached hydrogen (secondary N) is 1. The van der Waals surface area contributed by atoms with Crippen molar-refractivity contribution in [2.75, 3.05) is 23.6 Å². The van der Waals surface area contributed by atoms with Gasteiger partial charge in [0.15, 0.2) is 23.1 Å². The summed E-state index contributed by atoms with van der Waals surface area (Å²) in [5.41, 5.74) is 2.69. The predicted molar refractivity (Wildman–Crippen MR) is 106 cm³/mol. The van der Waals surface area contributed by atoms with Crippen molar-refractivity contribution in [1.82, 2.24) is 10.2 Å². The molecule has 1 aromatic heterocycles. The molecule has 0 aliphatic carbocycles. The van der Waals surface area contributed by atoms with E-state index in [4.69, 9.17) is 9.47 Å². The molecule has 7 heteroatoms. The van der Waals surface area contributed by atoms with E-state index in [2.05, 4.69) is 46.4 Å². The van der Waals surface area contributed by atoms with E-state index in [0.29, 0.717) is 28.7 Å². The summed E-state index contributed by atoms with van der Waals surface area (Å²) in [4.78, 5) is 14.5. The molecular formula is C21H20N4O3. The predicted octanol–water partition coefficient (Wildman–Crippen LogP) is 3.92. The van der Waals surface area contributed by atoms with Gasteiger partial charge in [0.05, 0.1) is 0 Å². The number of aromatic nitrogens is 2. The minimum Gasteiger partial charge on any atom is -0.454 e. The molecule has 2 heterocycles. The van der Waals surface area contributed by atoms with E-state index in [0.717, 1.165) is 12.2 Å². The lowest BCUT2D eigenvalue weighted by atomic mass is 10.2. The molecule has 1 amide bonds. The third-order valence-electron chi connectivity index (χ3n) is 4.43. The second-order valence-corrected chi connectivity index (χ2v) is 6.38. The maximum Gasteiger partial charge on any atom is 0.257 e. The van der Waals surface area contributed by atoms with E-state index in [-0.39, 0.29) is 12.7 Å². The molecule has 0 unspecified atom stereocenters. The van der Waals surface area contributed by atoms with Crippen molar-refractivity contribution in [2.24, 2.45) is 0 Å². The summed E-state index contributed by atoms with van der Waals surface area (Å²) in [6, 6.07) is 16.8. The average Bonchev–Trinajstić information content (AvgIpc) is 3.18. The molecular weight excluding hydrogens is 356 g/mol. The van der Waals surface area contributed by atoms with Crippen molar-refractivity contribution >= 4 is 23.2 Å². The summed E-state index contributed by atoms with van der Waals surface area (Å²) in [5.74, 6) is 2.01. The number of hydrogen-bond acceptors (Lipinski definition) is 6. The third-order valence-corrected chi connectivity index (χ3v) is 4.43. The number of nitrogens with zero attached hydrogens (tertiary/aromatic N) is 3. The molecule has 2 aromatic carbocycles. The van der Waals surface area contributed by atoms with Crippen molar-refractivity contribution in [1.29, 1.82) is 0 Å². The summed E-state index contributed by atoms with van der Waals surface area (Å²) in [5, 5.41) is 11.2. The summed E-state index contributed by atoms with van der Waals surface area (Å²) >= 11 is 0. The number of rotatable bonds is 5. The molecule has 0 spiro atoms. The fourth-order valence-electron chi connectivity index (χ4n) is 3.03. The zero-order chi connectivity index (χ0) is 19.5. The van der Waals surface area contributed by atoms with Crippen molar-refractivity contribution in [3.63, 3.8) is 0 Å². The smallest absolute Gasteiger partial charge is 0.257 e. The Morgan fingerprint density at radius 3 is 2.68 bits per heavy atom. The standard InChI is InChI=1S/C21H20N4O3/c1-3-25(16-6-4-5-14(2)11-16)20-10-9-19(23-24-20)22-21(26)15-7-8-17-18(12-15)28-13-27-17/h4-12H,3,13H2,1-2H3,(H,22,23,26). The summed E-state index contributed by atoms with van der Waals surface area (Å²) < 4.78 is 10.6. The Kier molecular flexibility index (Phi) is 4.80. The fourth-order valence-corrected chi connectivity index (χ4v) is 3.03. The van der Waals surface area contributed by atoms with Crippen LogP contribution in [0, 0.1) is 6.92 Å². The van der Waals surface area contributed by atoms with Gasteiger partial charge in [-0.1, -0.05) is 12.1 Å². The van der Waals surface area contributed by atoms with Crippen LogP contribution < -0.4 is 19.7 Å². The molecule has 28 heavy (non-hydrogen) atoms. The monoisotopic (exact) mass is 376 g/mol. The molecule has 0 saturated heterocycles. The highest BCUT2D eigenvalue weighted by atomic mass is 16.7. The first kappa shape index (κ1) is 17.8. The number of amides is 1. The molecule has 3 aromatic rings. The Morgan fingerprint density at radius 2 is 1.93 bits per heavy atom. The topological polar surface area (TPSA) is 76.6 Å². The second-order valence-electron chi connectivity index (χ2n) is 6.38. The Labute approximate surface area is 162 Å². The van der Waals surface area contributed by atoms with Crippen LogP contribution in [-0.4, -0.2) is 29.4 Å². The van der Waals surface area contributed by atoms with Gasteiger partial charge in [-0.3, -0.25) is 4.79 Å². The minimum atomic E-state index is -0.286. The van der Waals surface area contributed by atoms with Crippen LogP contribution in [0.4, 0.5) is 17.3 Å². The molecule has 0 saturated carbocycles. The normalized spacial score (nSPS) is 11.9. The van der Waals surface area contributed by atoms with E-state index < -0.39 is 0 Å². The van der Waals surface area contributed by atoms with Gasteiger partial charge in [-0.15, -0.1) is 10.2 Å². The number of fused-ring (bicyclic) bond motifs is 1. The molecule has 0 atom stereocenters. The van der Waals surface area contributed by atoms with Gasteiger partial charge in [-0.05, 0) is 61.9 Å². The van der Waals surface area contributed by atoms with Gasteiger partial charge in [-0.25, -0.2) is 0 Å². The number of hydrogen-bond donors (Lipinski definition) is 1. The largest absolute Gasteiger partial charge is 0.454 e. The Balaban J connectivity index is 1.49. The lowest BCUT2D eigenvalue weighted by Gasteiger charge is -2.22. The van der Waals surface area contributed by atoms with E-state index in [1.54, 1.807) is 24.3 Å². The lowest BCUT2D eigenvalue weighted by Crippen LogP contribution is -2.19. The van der Waals surface area contributed by atoms with Gasteiger partial charge in [0, 0.05) is 17.8 Å². The number of anilines is 3. The Bertz CT molecular complexity index is 1000. The van der Waals surface area contributed by atoms with Crippen LogP contribution in [0.15, 0.2) is 54.6 Å². The molecule has 1 aliphatic rings. The molecule has 7 nitrogen and oxygen atoms in total. The first-order valence-corrected chi connectivity index (χ1v) is 9.03.